The van der Waals surface area contributed by atoms with Crippen molar-refractivity contribution in [2.24, 2.45) is 11.7 Å². The minimum Gasteiger partial charge on any atom is -0.451 e. The molecule has 4 nitrogen and oxygen atoms in total. The molecule has 1 aromatic heterocycles. The fourth-order valence-electron chi connectivity index (χ4n) is 2.09. The van der Waals surface area contributed by atoms with E-state index in [1.54, 1.807) is 18.0 Å². The molecule has 6 heteroatoms. The summed E-state index contributed by atoms with van der Waals surface area (Å²) in [6.07, 6.45) is 0.783. The summed E-state index contributed by atoms with van der Waals surface area (Å²) < 4.78 is 6.58. The Balaban J connectivity index is 0.00000242. The molecule has 0 spiro atoms. The highest BCUT2D eigenvalue weighted by Gasteiger charge is 2.18. The van der Waals surface area contributed by atoms with Crippen LogP contribution in [0.2, 0.25) is 0 Å². The van der Waals surface area contributed by atoms with Crippen LogP contribution in [0.15, 0.2) is 33.2 Å². The van der Waals surface area contributed by atoms with E-state index in [0.717, 1.165) is 16.3 Å². The molecule has 0 radical (unpaired) electrons. The Morgan fingerprint density at radius 3 is 2.68 bits per heavy atom. The van der Waals surface area contributed by atoms with Gasteiger partial charge in [-0.15, -0.1) is 12.4 Å². The summed E-state index contributed by atoms with van der Waals surface area (Å²) in [4.78, 5) is 14.0. The quantitative estimate of drug-likeness (QED) is 0.839. The van der Waals surface area contributed by atoms with Crippen molar-refractivity contribution in [3.8, 4) is 0 Å². The number of furan rings is 1. The predicted molar refractivity (Wildman–Crippen MR) is 95.6 cm³/mol. The van der Waals surface area contributed by atoms with Crippen LogP contribution in [0.5, 0.6) is 0 Å². The van der Waals surface area contributed by atoms with Gasteiger partial charge in [0.05, 0.1) is 0 Å². The Bertz CT molecular complexity index is 642. The zero-order valence-corrected chi connectivity index (χ0v) is 15.4. The number of amides is 1. The van der Waals surface area contributed by atoms with Crippen molar-refractivity contribution in [1.29, 1.82) is 0 Å². The van der Waals surface area contributed by atoms with E-state index in [0.29, 0.717) is 23.8 Å². The molecule has 0 aliphatic carbocycles. The number of fused-ring (bicyclic) bond motifs is 1. The molecule has 22 heavy (non-hydrogen) atoms. The van der Waals surface area contributed by atoms with Gasteiger partial charge in [-0.05, 0) is 36.6 Å². The van der Waals surface area contributed by atoms with E-state index in [9.17, 15) is 4.79 Å². The molecule has 0 aliphatic rings. The lowest BCUT2D eigenvalue weighted by Crippen LogP contribution is -2.34. The summed E-state index contributed by atoms with van der Waals surface area (Å²) in [5.74, 6) is 0.666. The molecule has 0 bridgehead atoms. The van der Waals surface area contributed by atoms with Crippen molar-refractivity contribution >= 4 is 45.2 Å². The van der Waals surface area contributed by atoms with Gasteiger partial charge in [0.2, 0.25) is 0 Å². The van der Waals surface area contributed by atoms with Crippen LogP contribution in [-0.4, -0.2) is 30.4 Å². The highest BCUT2D eigenvalue weighted by Crippen LogP contribution is 2.24. The first kappa shape index (κ1) is 19.0. The van der Waals surface area contributed by atoms with Gasteiger partial charge in [0.25, 0.3) is 5.91 Å². The molecule has 122 valence electrons. The van der Waals surface area contributed by atoms with Crippen molar-refractivity contribution < 1.29 is 9.21 Å². The molecule has 2 aromatic rings. The lowest BCUT2D eigenvalue weighted by Gasteiger charge is -2.20. The van der Waals surface area contributed by atoms with Gasteiger partial charge in [0, 0.05) is 29.5 Å². The zero-order chi connectivity index (χ0) is 15.6. The van der Waals surface area contributed by atoms with Crippen LogP contribution in [-0.2, 0) is 0 Å². The second kappa shape index (κ2) is 7.99. The summed E-state index contributed by atoms with van der Waals surface area (Å²) in [7, 11) is 1.78. The third-order valence-corrected chi connectivity index (χ3v) is 4.18. The maximum atomic E-state index is 12.4. The van der Waals surface area contributed by atoms with Crippen LogP contribution < -0.4 is 5.73 Å². The topological polar surface area (TPSA) is 59.5 Å². The van der Waals surface area contributed by atoms with E-state index in [1.807, 2.05) is 18.2 Å². The van der Waals surface area contributed by atoms with E-state index in [4.69, 9.17) is 10.2 Å². The van der Waals surface area contributed by atoms with E-state index < -0.39 is 0 Å². The number of carbonyl (C=O) groups excluding carboxylic acids is 1. The first-order chi connectivity index (χ1) is 9.88. The van der Waals surface area contributed by atoms with Crippen LogP contribution >= 0.6 is 28.3 Å². The second-order valence-electron chi connectivity index (χ2n) is 5.72. The van der Waals surface area contributed by atoms with Crippen molar-refractivity contribution in [1.82, 2.24) is 4.90 Å². The van der Waals surface area contributed by atoms with Crippen LogP contribution in [0.4, 0.5) is 0 Å². The number of benzene rings is 1. The fourth-order valence-corrected chi connectivity index (χ4v) is 2.46. The number of halogens is 2. The molecular formula is C16H22BrClN2O2. The fraction of sp³-hybridized carbons (Fsp3) is 0.438. The van der Waals surface area contributed by atoms with Crippen LogP contribution in [0.1, 0.15) is 30.8 Å². The Morgan fingerprint density at radius 1 is 1.36 bits per heavy atom. The Morgan fingerprint density at radius 2 is 2.05 bits per heavy atom. The van der Waals surface area contributed by atoms with Crippen LogP contribution in [0.25, 0.3) is 11.0 Å². The molecule has 1 aromatic carbocycles. The smallest absolute Gasteiger partial charge is 0.289 e. The molecule has 1 unspecified atom stereocenters. The van der Waals surface area contributed by atoms with Crippen molar-refractivity contribution in [2.45, 2.75) is 26.3 Å². The molecule has 2 N–H and O–H groups in total. The molecule has 1 amide bonds. The number of hydrogen-bond acceptors (Lipinski definition) is 3. The summed E-state index contributed by atoms with van der Waals surface area (Å²) in [6.45, 7) is 4.80. The van der Waals surface area contributed by atoms with E-state index in [2.05, 4.69) is 29.8 Å². The van der Waals surface area contributed by atoms with E-state index >= 15 is 0 Å². The minimum absolute atomic E-state index is 0. The number of hydrogen-bond donors (Lipinski definition) is 1. The summed E-state index contributed by atoms with van der Waals surface area (Å²) in [5, 5.41) is 0.917. The monoisotopic (exact) mass is 388 g/mol. The van der Waals surface area contributed by atoms with Gasteiger partial charge in [0.15, 0.2) is 5.76 Å². The molecule has 0 saturated carbocycles. The molecule has 1 atom stereocenters. The lowest BCUT2D eigenvalue weighted by atomic mass is 10.0. The Hall–Kier alpha value is -1.04. The maximum absolute atomic E-state index is 12.4. The first-order valence-electron chi connectivity index (χ1n) is 7.08. The van der Waals surface area contributed by atoms with Crippen molar-refractivity contribution in [3.63, 3.8) is 0 Å². The lowest BCUT2D eigenvalue weighted by molar-refractivity contribution is 0.0760. The molecule has 0 aliphatic heterocycles. The van der Waals surface area contributed by atoms with Gasteiger partial charge >= 0.3 is 0 Å². The summed E-state index contributed by atoms with van der Waals surface area (Å²) in [5.41, 5.74) is 6.73. The molecule has 2 rings (SSSR count). The predicted octanol–water partition coefficient (Wildman–Crippen LogP) is 4.06. The number of rotatable bonds is 5. The van der Waals surface area contributed by atoms with E-state index in [1.165, 1.54) is 0 Å². The van der Waals surface area contributed by atoms with Gasteiger partial charge in [-0.25, -0.2) is 0 Å². The third-order valence-electron chi connectivity index (χ3n) is 3.69. The zero-order valence-electron chi connectivity index (χ0n) is 13.0. The largest absolute Gasteiger partial charge is 0.451 e. The van der Waals surface area contributed by atoms with Gasteiger partial charge < -0.3 is 15.1 Å². The highest BCUT2D eigenvalue weighted by molar-refractivity contribution is 9.10. The second-order valence-corrected chi connectivity index (χ2v) is 6.63. The standard InChI is InChI=1S/C16H21BrN2O2.ClH/c1-10(2)13(18)6-7-19(3)16(20)15-9-11-8-12(17)4-5-14(11)21-15;/h4-5,8-10,13H,6-7,18H2,1-3H3;1H. The maximum Gasteiger partial charge on any atom is 0.289 e. The van der Waals surface area contributed by atoms with Crippen LogP contribution in [0, 0.1) is 5.92 Å². The van der Waals surface area contributed by atoms with Crippen molar-refractivity contribution in [3.05, 3.63) is 34.5 Å². The number of nitrogens with zero attached hydrogens (tertiary/aromatic N) is 1. The third kappa shape index (κ3) is 4.48. The average Bonchev–Trinajstić information content (AvgIpc) is 2.86. The highest BCUT2D eigenvalue weighted by atomic mass is 79.9. The van der Waals surface area contributed by atoms with Gasteiger partial charge in [-0.1, -0.05) is 29.8 Å². The molecular weight excluding hydrogens is 368 g/mol. The van der Waals surface area contributed by atoms with E-state index in [-0.39, 0.29) is 24.4 Å². The summed E-state index contributed by atoms with van der Waals surface area (Å²) >= 11 is 3.41. The molecule has 0 fully saturated rings. The van der Waals surface area contributed by atoms with Gasteiger partial charge in [-0.3, -0.25) is 4.79 Å². The normalized spacial score (nSPS) is 12.3. The van der Waals surface area contributed by atoms with Gasteiger partial charge in [-0.2, -0.15) is 0 Å². The summed E-state index contributed by atoms with van der Waals surface area (Å²) in [6, 6.07) is 7.56. The van der Waals surface area contributed by atoms with Crippen molar-refractivity contribution in [2.75, 3.05) is 13.6 Å². The van der Waals surface area contributed by atoms with Gasteiger partial charge in [0.1, 0.15) is 5.58 Å². The number of nitrogens with two attached hydrogens (primary N) is 1. The average molecular weight is 390 g/mol. The number of carbonyl (C=O) groups is 1. The Kier molecular flexibility index (Phi) is 6.91. The SMILES string of the molecule is CC(C)C(N)CCN(C)C(=O)c1cc2cc(Br)ccc2o1.Cl. The minimum atomic E-state index is -0.113. The molecule has 0 saturated heterocycles. The molecule has 1 heterocycles. The van der Waals surface area contributed by atoms with Crippen LogP contribution in [0.3, 0.4) is 0 Å². The Labute approximate surface area is 145 Å². The first-order valence-corrected chi connectivity index (χ1v) is 7.88.